The Bertz CT molecular complexity index is 783. The van der Waals surface area contributed by atoms with E-state index in [2.05, 4.69) is 19.9 Å². The Balaban J connectivity index is 1.67. The average molecular weight is 356 g/mol. The van der Waals surface area contributed by atoms with Crippen molar-refractivity contribution in [3.8, 4) is 11.3 Å². The summed E-state index contributed by atoms with van der Waals surface area (Å²) >= 11 is 0. The summed E-state index contributed by atoms with van der Waals surface area (Å²) in [5, 5.41) is 0. The summed E-state index contributed by atoms with van der Waals surface area (Å²) in [5.74, 6) is 0.824. The third-order valence-electron chi connectivity index (χ3n) is 3.92. The highest BCUT2D eigenvalue weighted by atomic mass is 16.5. The summed E-state index contributed by atoms with van der Waals surface area (Å²) in [6, 6.07) is 5.40. The van der Waals surface area contributed by atoms with Crippen LogP contribution in [-0.4, -0.2) is 40.2 Å². The number of guanidine groups is 1. The van der Waals surface area contributed by atoms with Gasteiger partial charge in [0, 0.05) is 37.1 Å². The lowest BCUT2D eigenvalue weighted by Gasteiger charge is -2.20. The van der Waals surface area contributed by atoms with Crippen LogP contribution in [-0.2, 0) is 16.1 Å². The first kappa shape index (κ1) is 17.7. The van der Waals surface area contributed by atoms with E-state index in [0.29, 0.717) is 17.3 Å². The molecule has 3 heterocycles. The molecule has 9 heteroatoms. The van der Waals surface area contributed by atoms with Gasteiger partial charge in [-0.1, -0.05) is 6.07 Å². The maximum Gasteiger partial charge on any atom is 0.437 e. The minimum absolute atomic E-state index is 0.0372. The first-order valence-electron chi connectivity index (χ1n) is 8.24. The van der Waals surface area contributed by atoms with Crippen molar-refractivity contribution in [3.05, 3.63) is 42.1 Å². The molecule has 0 radical (unpaired) electrons. The molecule has 9 nitrogen and oxygen atoms in total. The lowest BCUT2D eigenvalue weighted by molar-refractivity contribution is 0.0836. The van der Waals surface area contributed by atoms with Crippen LogP contribution in [0.2, 0.25) is 0 Å². The van der Waals surface area contributed by atoms with Crippen molar-refractivity contribution in [2.75, 3.05) is 13.2 Å². The Hall–Kier alpha value is -3.07. The normalized spacial score (nSPS) is 14.6. The van der Waals surface area contributed by atoms with E-state index in [9.17, 15) is 4.79 Å². The number of pyridine rings is 1. The van der Waals surface area contributed by atoms with Crippen molar-refractivity contribution in [2.24, 2.45) is 16.5 Å². The standard InChI is InChI=1S/C17H20N6O3/c18-16(19)23-17(24)26-10-13-2-1-3-14(22-13)12-8-20-15(21-9-12)11-4-6-25-7-5-11/h1-3,8-9,11H,4-7,10H2,(H4,18,19,23,24). The van der Waals surface area contributed by atoms with Crippen LogP contribution in [0.4, 0.5) is 4.79 Å². The summed E-state index contributed by atoms with van der Waals surface area (Å²) < 4.78 is 10.3. The fraction of sp³-hybridized carbons (Fsp3) is 0.353. The number of rotatable bonds is 4. The van der Waals surface area contributed by atoms with Crippen LogP contribution in [0, 0.1) is 0 Å². The number of nitrogens with two attached hydrogens (primary N) is 2. The zero-order chi connectivity index (χ0) is 18.4. The molecule has 0 spiro atoms. The second kappa shape index (κ2) is 8.34. The topological polar surface area (TPSA) is 139 Å². The molecule has 0 saturated carbocycles. The van der Waals surface area contributed by atoms with Gasteiger partial charge in [0.2, 0.25) is 0 Å². The molecule has 0 aliphatic carbocycles. The van der Waals surface area contributed by atoms with Crippen LogP contribution < -0.4 is 11.5 Å². The molecule has 4 N–H and O–H groups in total. The van der Waals surface area contributed by atoms with E-state index in [1.54, 1.807) is 18.5 Å². The SMILES string of the molecule is NC(N)=NC(=O)OCc1cccc(-c2cnc(C3CCOCC3)nc2)n1. The van der Waals surface area contributed by atoms with Gasteiger partial charge in [-0.25, -0.2) is 19.7 Å². The van der Waals surface area contributed by atoms with Crippen molar-refractivity contribution >= 4 is 12.1 Å². The largest absolute Gasteiger partial charge is 0.441 e. The lowest BCUT2D eigenvalue weighted by Crippen LogP contribution is -2.24. The summed E-state index contributed by atoms with van der Waals surface area (Å²) in [7, 11) is 0. The number of aromatic nitrogens is 3. The molecule has 0 unspecified atom stereocenters. The first-order valence-corrected chi connectivity index (χ1v) is 8.24. The van der Waals surface area contributed by atoms with Crippen LogP contribution in [0.15, 0.2) is 35.6 Å². The summed E-state index contributed by atoms with van der Waals surface area (Å²) in [5.41, 5.74) is 12.3. The van der Waals surface area contributed by atoms with Crippen molar-refractivity contribution in [1.82, 2.24) is 15.0 Å². The first-order chi connectivity index (χ1) is 12.6. The predicted molar refractivity (Wildman–Crippen MR) is 94.1 cm³/mol. The molecular weight excluding hydrogens is 336 g/mol. The molecule has 26 heavy (non-hydrogen) atoms. The van der Waals surface area contributed by atoms with Gasteiger partial charge >= 0.3 is 6.09 Å². The van der Waals surface area contributed by atoms with Crippen LogP contribution in [0.25, 0.3) is 11.3 Å². The minimum atomic E-state index is -0.860. The van der Waals surface area contributed by atoms with Crippen LogP contribution >= 0.6 is 0 Å². The van der Waals surface area contributed by atoms with E-state index in [-0.39, 0.29) is 12.6 Å². The molecular formula is C17H20N6O3. The van der Waals surface area contributed by atoms with E-state index in [1.165, 1.54) is 0 Å². The molecule has 0 atom stereocenters. The van der Waals surface area contributed by atoms with Gasteiger partial charge in [-0.15, -0.1) is 4.99 Å². The van der Waals surface area contributed by atoms with E-state index in [1.807, 2.05) is 12.1 Å². The molecule has 0 aromatic carbocycles. The average Bonchev–Trinajstić information content (AvgIpc) is 2.67. The lowest BCUT2D eigenvalue weighted by atomic mass is 9.99. The third kappa shape index (κ3) is 4.73. The molecule has 1 fully saturated rings. The fourth-order valence-corrected chi connectivity index (χ4v) is 2.63. The van der Waals surface area contributed by atoms with Gasteiger partial charge in [-0.3, -0.25) is 0 Å². The Kier molecular flexibility index (Phi) is 5.69. The number of nitrogens with zero attached hydrogens (tertiary/aromatic N) is 4. The van der Waals surface area contributed by atoms with Crippen molar-refractivity contribution < 1.29 is 14.3 Å². The van der Waals surface area contributed by atoms with Crippen LogP contribution in [0.1, 0.15) is 30.3 Å². The zero-order valence-corrected chi connectivity index (χ0v) is 14.2. The Morgan fingerprint density at radius 2 is 1.96 bits per heavy atom. The van der Waals surface area contributed by atoms with Gasteiger partial charge in [-0.2, -0.15) is 0 Å². The summed E-state index contributed by atoms with van der Waals surface area (Å²) in [4.78, 5) is 28.0. The maximum atomic E-state index is 11.3. The van der Waals surface area contributed by atoms with Gasteiger partial charge in [0.1, 0.15) is 12.4 Å². The quantitative estimate of drug-likeness (QED) is 0.618. The second-order valence-corrected chi connectivity index (χ2v) is 5.82. The molecule has 136 valence electrons. The minimum Gasteiger partial charge on any atom is -0.441 e. The monoisotopic (exact) mass is 356 g/mol. The number of carbonyl (C=O) groups is 1. The van der Waals surface area contributed by atoms with E-state index >= 15 is 0 Å². The summed E-state index contributed by atoms with van der Waals surface area (Å²) in [6.45, 7) is 1.46. The van der Waals surface area contributed by atoms with Gasteiger partial charge in [-0.05, 0) is 25.0 Å². The molecule has 1 aliphatic heterocycles. The van der Waals surface area contributed by atoms with E-state index < -0.39 is 6.09 Å². The number of ether oxygens (including phenoxy) is 2. The molecule has 1 aliphatic rings. The van der Waals surface area contributed by atoms with Crippen molar-refractivity contribution in [3.63, 3.8) is 0 Å². The highest BCUT2D eigenvalue weighted by molar-refractivity contribution is 5.87. The van der Waals surface area contributed by atoms with Crippen molar-refractivity contribution in [1.29, 1.82) is 0 Å². The molecule has 1 saturated heterocycles. The van der Waals surface area contributed by atoms with Gasteiger partial charge < -0.3 is 20.9 Å². The Labute approximate surface area is 150 Å². The number of hydrogen-bond donors (Lipinski definition) is 2. The Morgan fingerprint density at radius 3 is 2.65 bits per heavy atom. The van der Waals surface area contributed by atoms with Crippen molar-refractivity contribution in [2.45, 2.75) is 25.4 Å². The zero-order valence-electron chi connectivity index (χ0n) is 14.2. The Morgan fingerprint density at radius 1 is 1.23 bits per heavy atom. The maximum absolute atomic E-state index is 11.3. The molecule has 2 aromatic heterocycles. The third-order valence-corrected chi connectivity index (χ3v) is 3.92. The molecule has 0 bridgehead atoms. The van der Waals surface area contributed by atoms with Gasteiger partial charge in [0.05, 0.1) is 11.4 Å². The highest BCUT2D eigenvalue weighted by Gasteiger charge is 2.18. The van der Waals surface area contributed by atoms with Gasteiger partial charge in [0.15, 0.2) is 5.96 Å². The predicted octanol–water partition coefficient (Wildman–Crippen LogP) is 1.34. The number of hydrogen-bond acceptors (Lipinski definition) is 6. The number of aliphatic imine (C=N–C) groups is 1. The van der Waals surface area contributed by atoms with Crippen LogP contribution in [0.3, 0.4) is 0 Å². The fourth-order valence-electron chi connectivity index (χ4n) is 2.63. The van der Waals surface area contributed by atoms with E-state index in [0.717, 1.165) is 37.4 Å². The molecule has 2 aromatic rings. The number of amides is 1. The molecule has 1 amide bonds. The summed E-state index contributed by atoms with van der Waals surface area (Å²) in [6.07, 6.45) is 4.54. The van der Waals surface area contributed by atoms with E-state index in [4.69, 9.17) is 20.9 Å². The smallest absolute Gasteiger partial charge is 0.437 e. The highest BCUT2D eigenvalue weighted by Crippen LogP contribution is 2.25. The van der Waals surface area contributed by atoms with Crippen LogP contribution in [0.5, 0.6) is 0 Å². The molecule has 3 rings (SSSR count). The van der Waals surface area contributed by atoms with Gasteiger partial charge in [0.25, 0.3) is 0 Å². The second-order valence-electron chi connectivity index (χ2n) is 5.82. The number of carbonyl (C=O) groups excluding carboxylic acids is 1.